The molecular weight excluding hydrogens is 191 g/mol. The van der Waals surface area contributed by atoms with Crippen LogP contribution in [0.4, 0.5) is 0 Å². The molecule has 12 heavy (non-hydrogen) atoms. The average Bonchev–Trinajstić information content (AvgIpc) is 1.83. The van der Waals surface area contributed by atoms with Gasteiger partial charge < -0.3 is 0 Å². The van der Waals surface area contributed by atoms with E-state index in [0.717, 1.165) is 11.1 Å². The molecule has 0 N–H and O–H groups in total. The molecule has 2 heteroatoms. The van der Waals surface area contributed by atoms with Crippen molar-refractivity contribution >= 4 is 23.2 Å². The van der Waals surface area contributed by atoms with Crippen LogP contribution in [0.15, 0.2) is 18.2 Å². The Hall–Kier alpha value is -0.200. The lowest BCUT2D eigenvalue weighted by atomic mass is 10.0. The van der Waals surface area contributed by atoms with Gasteiger partial charge in [-0.15, -0.1) is 0 Å². The maximum Gasteiger partial charge on any atom is 0.140 e. The Balaban J connectivity index is 3.19. The number of hydrogen-bond acceptors (Lipinski definition) is 0. The third kappa shape index (κ3) is 2.15. The highest BCUT2D eigenvalue weighted by atomic mass is 35.5. The van der Waals surface area contributed by atoms with Crippen LogP contribution in [0, 0.1) is 13.8 Å². The summed E-state index contributed by atoms with van der Waals surface area (Å²) in [6.45, 7) is 5.86. The Bertz CT molecular complexity index is 284. The number of alkyl halides is 2. The van der Waals surface area contributed by atoms with Crippen LogP contribution in [0.25, 0.3) is 0 Å². The minimum atomic E-state index is -0.780. The molecule has 0 saturated carbocycles. The summed E-state index contributed by atoms with van der Waals surface area (Å²) in [7, 11) is 0. The van der Waals surface area contributed by atoms with Crippen LogP contribution >= 0.6 is 23.2 Å². The Morgan fingerprint density at radius 3 is 2.17 bits per heavy atom. The maximum absolute atomic E-state index is 5.98. The standard InChI is InChI=1S/C10H12Cl2/c1-7-4-5-9(8(2)6-7)10(3,11)12/h4-6H,1-3H3. The highest BCUT2D eigenvalue weighted by molar-refractivity contribution is 6.47. The second-order valence-corrected chi connectivity index (χ2v) is 4.91. The Morgan fingerprint density at radius 2 is 1.75 bits per heavy atom. The predicted octanol–water partition coefficient (Wildman–Crippen LogP) is 3.95. The summed E-state index contributed by atoms with van der Waals surface area (Å²) in [5.74, 6) is 0. The number of benzene rings is 1. The summed E-state index contributed by atoms with van der Waals surface area (Å²) in [6, 6.07) is 6.08. The van der Waals surface area contributed by atoms with Crippen molar-refractivity contribution in [2.24, 2.45) is 0 Å². The molecule has 0 saturated heterocycles. The minimum absolute atomic E-state index is 0.780. The summed E-state index contributed by atoms with van der Waals surface area (Å²) >= 11 is 12.0. The van der Waals surface area contributed by atoms with Crippen LogP contribution in [0.3, 0.4) is 0 Å². The average molecular weight is 203 g/mol. The summed E-state index contributed by atoms with van der Waals surface area (Å²) < 4.78 is -0.780. The molecule has 0 fully saturated rings. The van der Waals surface area contributed by atoms with E-state index in [2.05, 4.69) is 13.0 Å². The van der Waals surface area contributed by atoms with E-state index in [4.69, 9.17) is 23.2 Å². The number of halogens is 2. The van der Waals surface area contributed by atoms with Crippen molar-refractivity contribution in [1.29, 1.82) is 0 Å². The van der Waals surface area contributed by atoms with Crippen molar-refractivity contribution in [3.8, 4) is 0 Å². The molecule has 66 valence electrons. The highest BCUT2D eigenvalue weighted by Crippen LogP contribution is 2.35. The van der Waals surface area contributed by atoms with Gasteiger partial charge in [-0.25, -0.2) is 0 Å². The highest BCUT2D eigenvalue weighted by Gasteiger charge is 2.20. The lowest BCUT2D eigenvalue weighted by Crippen LogP contribution is -2.06. The summed E-state index contributed by atoms with van der Waals surface area (Å²) in [6.07, 6.45) is 0. The third-order valence-electron chi connectivity index (χ3n) is 1.85. The van der Waals surface area contributed by atoms with Gasteiger partial charge in [0, 0.05) is 0 Å². The maximum atomic E-state index is 5.98. The van der Waals surface area contributed by atoms with Gasteiger partial charge in [0.1, 0.15) is 4.33 Å². The Morgan fingerprint density at radius 1 is 1.17 bits per heavy atom. The fourth-order valence-corrected chi connectivity index (χ4v) is 1.73. The van der Waals surface area contributed by atoms with E-state index in [1.54, 1.807) is 6.92 Å². The zero-order valence-corrected chi connectivity index (χ0v) is 9.00. The van der Waals surface area contributed by atoms with E-state index in [1.807, 2.05) is 19.1 Å². The van der Waals surface area contributed by atoms with Gasteiger partial charge in [0.05, 0.1) is 0 Å². The van der Waals surface area contributed by atoms with Crippen LogP contribution in [0.1, 0.15) is 23.6 Å². The molecule has 0 aromatic heterocycles. The summed E-state index contributed by atoms with van der Waals surface area (Å²) in [4.78, 5) is 0. The zero-order chi connectivity index (χ0) is 9.35. The first-order valence-corrected chi connectivity index (χ1v) is 4.62. The molecule has 0 atom stereocenters. The Kier molecular flexibility index (Phi) is 2.70. The minimum Gasteiger partial charge on any atom is -0.0966 e. The molecule has 0 spiro atoms. The topological polar surface area (TPSA) is 0 Å². The van der Waals surface area contributed by atoms with Gasteiger partial charge in [-0.05, 0) is 31.9 Å². The Labute approximate surface area is 83.5 Å². The predicted molar refractivity (Wildman–Crippen MR) is 55.0 cm³/mol. The van der Waals surface area contributed by atoms with Gasteiger partial charge >= 0.3 is 0 Å². The van der Waals surface area contributed by atoms with Crippen LogP contribution < -0.4 is 0 Å². The molecule has 0 aliphatic carbocycles. The van der Waals surface area contributed by atoms with Gasteiger partial charge in [0.2, 0.25) is 0 Å². The molecule has 0 amide bonds. The molecule has 1 aromatic rings. The van der Waals surface area contributed by atoms with E-state index in [-0.39, 0.29) is 0 Å². The second-order valence-electron chi connectivity index (χ2n) is 3.21. The van der Waals surface area contributed by atoms with Crippen molar-refractivity contribution in [2.45, 2.75) is 25.1 Å². The van der Waals surface area contributed by atoms with Crippen molar-refractivity contribution in [3.05, 3.63) is 34.9 Å². The van der Waals surface area contributed by atoms with Gasteiger partial charge in [-0.2, -0.15) is 0 Å². The number of hydrogen-bond donors (Lipinski definition) is 0. The van der Waals surface area contributed by atoms with Crippen LogP contribution in [-0.2, 0) is 4.33 Å². The third-order valence-corrected chi connectivity index (χ3v) is 2.26. The number of aryl methyl sites for hydroxylation is 2. The smallest absolute Gasteiger partial charge is 0.0966 e. The van der Waals surface area contributed by atoms with Gasteiger partial charge in [0.25, 0.3) is 0 Å². The fourth-order valence-electron chi connectivity index (χ4n) is 1.31. The first kappa shape index (κ1) is 9.88. The SMILES string of the molecule is Cc1ccc(C(C)(Cl)Cl)c(C)c1. The largest absolute Gasteiger partial charge is 0.140 e. The molecule has 0 unspecified atom stereocenters. The first-order chi connectivity index (χ1) is 5.41. The van der Waals surface area contributed by atoms with E-state index in [9.17, 15) is 0 Å². The van der Waals surface area contributed by atoms with E-state index in [0.29, 0.717) is 0 Å². The van der Waals surface area contributed by atoms with Crippen molar-refractivity contribution in [1.82, 2.24) is 0 Å². The van der Waals surface area contributed by atoms with Gasteiger partial charge in [-0.1, -0.05) is 47.0 Å². The van der Waals surface area contributed by atoms with E-state index in [1.165, 1.54) is 5.56 Å². The van der Waals surface area contributed by atoms with Gasteiger partial charge in [-0.3, -0.25) is 0 Å². The fraction of sp³-hybridized carbons (Fsp3) is 0.400. The van der Waals surface area contributed by atoms with Crippen molar-refractivity contribution in [3.63, 3.8) is 0 Å². The first-order valence-electron chi connectivity index (χ1n) is 3.87. The van der Waals surface area contributed by atoms with Crippen molar-refractivity contribution in [2.75, 3.05) is 0 Å². The molecular formula is C10H12Cl2. The molecule has 0 aliphatic rings. The number of rotatable bonds is 1. The summed E-state index contributed by atoms with van der Waals surface area (Å²) in [5.41, 5.74) is 3.35. The molecule has 0 aliphatic heterocycles. The molecule has 0 heterocycles. The van der Waals surface area contributed by atoms with Crippen LogP contribution in [0.5, 0.6) is 0 Å². The molecule has 0 bridgehead atoms. The summed E-state index contributed by atoms with van der Waals surface area (Å²) in [5, 5.41) is 0. The molecule has 1 aromatic carbocycles. The molecule has 1 rings (SSSR count). The quantitative estimate of drug-likeness (QED) is 0.606. The van der Waals surface area contributed by atoms with Crippen LogP contribution in [-0.4, -0.2) is 0 Å². The van der Waals surface area contributed by atoms with E-state index >= 15 is 0 Å². The molecule has 0 radical (unpaired) electrons. The normalized spacial score (nSPS) is 11.8. The molecule has 0 nitrogen and oxygen atoms in total. The second kappa shape index (κ2) is 3.27. The van der Waals surface area contributed by atoms with Gasteiger partial charge in [0.15, 0.2) is 0 Å². The lowest BCUT2D eigenvalue weighted by molar-refractivity contribution is 0.958. The monoisotopic (exact) mass is 202 g/mol. The van der Waals surface area contributed by atoms with Crippen molar-refractivity contribution < 1.29 is 0 Å². The lowest BCUT2D eigenvalue weighted by Gasteiger charge is -2.16. The zero-order valence-electron chi connectivity index (χ0n) is 7.49. The van der Waals surface area contributed by atoms with E-state index < -0.39 is 4.33 Å². The van der Waals surface area contributed by atoms with Crippen LogP contribution in [0.2, 0.25) is 0 Å².